The highest BCUT2D eigenvalue weighted by Crippen LogP contribution is 2.40. The lowest BCUT2D eigenvalue weighted by Gasteiger charge is -2.21. The molecule has 0 bridgehead atoms. The van der Waals surface area contributed by atoms with Crippen LogP contribution < -0.4 is 24.4 Å². The standard InChI is InChI=1S/C33H30N4O5/c34-19-26-16-22(8-10-36-26)21-42-31-18-24(4-5-25(31)20-35-11-13-38)33(39)37-12-9-28-27(2-1-3-29(28)37)23-6-7-30-32(17-23)41-15-14-40-30/h1-8,10,16-18,35,38H,9,11-15,20-21H2. The van der Waals surface area contributed by atoms with Gasteiger partial charge in [-0.1, -0.05) is 24.3 Å². The van der Waals surface area contributed by atoms with Gasteiger partial charge in [0.25, 0.3) is 5.91 Å². The number of nitrogens with one attached hydrogen (secondary N) is 1. The van der Waals surface area contributed by atoms with Crippen LogP contribution in [0.25, 0.3) is 11.1 Å². The number of carbonyl (C=O) groups excluding carboxylic acids is 1. The molecule has 212 valence electrons. The van der Waals surface area contributed by atoms with E-state index in [1.165, 1.54) is 0 Å². The molecule has 0 aliphatic carbocycles. The number of carbonyl (C=O) groups is 1. The summed E-state index contributed by atoms with van der Waals surface area (Å²) in [5.41, 5.74) is 6.60. The predicted molar refractivity (Wildman–Crippen MR) is 157 cm³/mol. The van der Waals surface area contributed by atoms with E-state index < -0.39 is 0 Å². The molecule has 3 aromatic carbocycles. The van der Waals surface area contributed by atoms with E-state index in [0.29, 0.717) is 49.9 Å². The Morgan fingerprint density at radius 3 is 2.81 bits per heavy atom. The number of fused-ring (bicyclic) bond motifs is 2. The Labute approximate surface area is 243 Å². The fourth-order valence-electron chi connectivity index (χ4n) is 5.34. The van der Waals surface area contributed by atoms with Crippen molar-refractivity contribution in [2.45, 2.75) is 19.6 Å². The predicted octanol–water partition coefficient (Wildman–Crippen LogP) is 4.26. The lowest BCUT2D eigenvalue weighted by molar-refractivity contribution is 0.0989. The third-order valence-corrected chi connectivity index (χ3v) is 7.38. The van der Waals surface area contributed by atoms with Crippen molar-refractivity contribution in [2.24, 2.45) is 0 Å². The van der Waals surface area contributed by atoms with Crippen LogP contribution in [-0.4, -0.2) is 48.9 Å². The van der Waals surface area contributed by atoms with Gasteiger partial charge in [0.15, 0.2) is 11.5 Å². The molecule has 4 aromatic rings. The average molecular weight is 563 g/mol. The molecule has 2 N–H and O–H groups in total. The zero-order chi connectivity index (χ0) is 28.9. The Kier molecular flexibility index (Phi) is 7.99. The molecule has 9 nitrogen and oxygen atoms in total. The van der Waals surface area contributed by atoms with E-state index in [4.69, 9.17) is 14.2 Å². The molecular weight excluding hydrogens is 532 g/mol. The number of benzene rings is 3. The van der Waals surface area contributed by atoms with Gasteiger partial charge < -0.3 is 29.5 Å². The van der Waals surface area contributed by atoms with Crippen LogP contribution in [0.2, 0.25) is 0 Å². The van der Waals surface area contributed by atoms with Crippen LogP contribution in [0.4, 0.5) is 5.69 Å². The first-order valence-corrected chi connectivity index (χ1v) is 13.9. The van der Waals surface area contributed by atoms with E-state index in [-0.39, 0.29) is 19.1 Å². The third kappa shape index (κ3) is 5.63. The number of rotatable bonds is 9. The second kappa shape index (κ2) is 12.3. The molecule has 1 aromatic heterocycles. The van der Waals surface area contributed by atoms with Crippen molar-refractivity contribution in [1.82, 2.24) is 10.3 Å². The number of hydrogen-bond donors (Lipinski definition) is 2. The number of aliphatic hydroxyl groups excluding tert-OH is 1. The summed E-state index contributed by atoms with van der Waals surface area (Å²) in [7, 11) is 0. The van der Waals surface area contributed by atoms with E-state index in [1.807, 2.05) is 53.4 Å². The quantitative estimate of drug-likeness (QED) is 0.291. The SMILES string of the molecule is N#Cc1cc(COc2cc(C(=O)N3CCc4c(-c5ccc6c(c5)OCCO6)cccc43)ccc2CNCCO)ccn1. The second-order valence-corrected chi connectivity index (χ2v) is 10.0. The minimum absolute atomic E-state index is 0.0172. The maximum atomic E-state index is 13.9. The molecule has 6 rings (SSSR count). The van der Waals surface area contributed by atoms with Gasteiger partial charge in [-0.2, -0.15) is 5.26 Å². The van der Waals surface area contributed by atoms with Crippen LogP contribution >= 0.6 is 0 Å². The lowest BCUT2D eigenvalue weighted by Crippen LogP contribution is -2.29. The molecule has 2 aliphatic rings. The van der Waals surface area contributed by atoms with Crippen molar-refractivity contribution in [2.75, 3.05) is 37.8 Å². The summed E-state index contributed by atoms with van der Waals surface area (Å²) in [6, 6.07) is 23.0. The van der Waals surface area contributed by atoms with Gasteiger partial charge in [-0.3, -0.25) is 4.79 Å². The highest BCUT2D eigenvalue weighted by Gasteiger charge is 2.28. The van der Waals surface area contributed by atoms with Crippen LogP contribution in [-0.2, 0) is 19.6 Å². The van der Waals surface area contributed by atoms with Crippen LogP contribution in [0.15, 0.2) is 72.9 Å². The summed E-state index contributed by atoms with van der Waals surface area (Å²) in [6.07, 6.45) is 2.31. The minimum atomic E-state index is -0.108. The van der Waals surface area contributed by atoms with Gasteiger partial charge in [0, 0.05) is 42.6 Å². The molecule has 42 heavy (non-hydrogen) atoms. The molecule has 0 atom stereocenters. The van der Waals surface area contributed by atoms with Crippen molar-refractivity contribution in [3.63, 3.8) is 0 Å². The topological polar surface area (TPSA) is 117 Å². The van der Waals surface area contributed by atoms with Gasteiger partial charge in [0.1, 0.15) is 37.3 Å². The third-order valence-electron chi connectivity index (χ3n) is 7.38. The Bertz CT molecular complexity index is 1670. The first-order valence-electron chi connectivity index (χ1n) is 13.9. The number of pyridine rings is 1. The van der Waals surface area contributed by atoms with E-state index >= 15 is 0 Å². The number of nitriles is 1. The van der Waals surface area contributed by atoms with Crippen LogP contribution in [0.5, 0.6) is 17.2 Å². The Balaban J connectivity index is 1.26. The van der Waals surface area contributed by atoms with Gasteiger partial charge in [-0.15, -0.1) is 0 Å². The second-order valence-electron chi connectivity index (χ2n) is 10.0. The van der Waals surface area contributed by atoms with E-state index in [2.05, 4.69) is 16.4 Å². The fraction of sp³-hybridized carbons (Fsp3) is 0.242. The summed E-state index contributed by atoms with van der Waals surface area (Å²) >= 11 is 0. The van der Waals surface area contributed by atoms with Gasteiger partial charge >= 0.3 is 0 Å². The highest BCUT2D eigenvalue weighted by atomic mass is 16.6. The number of ether oxygens (including phenoxy) is 3. The Hall–Kier alpha value is -4.91. The maximum absolute atomic E-state index is 13.9. The Morgan fingerprint density at radius 1 is 1.07 bits per heavy atom. The number of anilines is 1. The monoisotopic (exact) mass is 562 g/mol. The van der Waals surface area contributed by atoms with E-state index in [9.17, 15) is 15.2 Å². The molecule has 1 amide bonds. The van der Waals surface area contributed by atoms with E-state index in [1.54, 1.807) is 24.4 Å². The van der Waals surface area contributed by atoms with Crippen molar-refractivity contribution >= 4 is 11.6 Å². The molecule has 0 saturated carbocycles. The molecule has 0 radical (unpaired) electrons. The molecule has 2 aliphatic heterocycles. The largest absolute Gasteiger partial charge is 0.489 e. The summed E-state index contributed by atoms with van der Waals surface area (Å²) < 4.78 is 17.6. The smallest absolute Gasteiger partial charge is 0.258 e. The molecule has 3 heterocycles. The summed E-state index contributed by atoms with van der Waals surface area (Å²) in [4.78, 5) is 19.7. The van der Waals surface area contributed by atoms with Crippen molar-refractivity contribution < 1.29 is 24.1 Å². The fourth-order valence-corrected chi connectivity index (χ4v) is 5.34. The highest BCUT2D eigenvalue weighted by molar-refractivity contribution is 6.08. The molecule has 0 saturated heterocycles. The average Bonchev–Trinajstić information content (AvgIpc) is 3.48. The summed E-state index contributed by atoms with van der Waals surface area (Å²) in [5.74, 6) is 1.94. The number of aromatic nitrogens is 1. The van der Waals surface area contributed by atoms with Crippen molar-refractivity contribution in [3.8, 4) is 34.4 Å². The normalized spacial score (nSPS) is 13.4. The van der Waals surface area contributed by atoms with E-state index in [0.717, 1.165) is 51.4 Å². The van der Waals surface area contributed by atoms with Gasteiger partial charge in [-0.25, -0.2) is 4.98 Å². The molecule has 0 spiro atoms. The maximum Gasteiger partial charge on any atom is 0.258 e. The number of amides is 1. The van der Waals surface area contributed by atoms with Gasteiger partial charge in [-0.05, 0) is 71.1 Å². The zero-order valence-electron chi connectivity index (χ0n) is 23.0. The summed E-state index contributed by atoms with van der Waals surface area (Å²) in [5, 5.41) is 21.5. The van der Waals surface area contributed by atoms with Gasteiger partial charge in [0.2, 0.25) is 0 Å². The lowest BCUT2D eigenvalue weighted by atomic mass is 9.97. The zero-order valence-corrected chi connectivity index (χ0v) is 23.0. The first-order chi connectivity index (χ1) is 20.6. The van der Waals surface area contributed by atoms with Crippen LogP contribution in [0.3, 0.4) is 0 Å². The number of hydrogen-bond acceptors (Lipinski definition) is 8. The molecule has 0 unspecified atom stereocenters. The van der Waals surface area contributed by atoms with Crippen molar-refractivity contribution in [1.29, 1.82) is 5.26 Å². The van der Waals surface area contributed by atoms with Crippen LogP contribution in [0.1, 0.15) is 32.7 Å². The van der Waals surface area contributed by atoms with Crippen LogP contribution in [0, 0.1) is 11.3 Å². The minimum Gasteiger partial charge on any atom is -0.489 e. The first kappa shape index (κ1) is 27.3. The summed E-state index contributed by atoms with van der Waals surface area (Å²) in [6.45, 7) is 2.78. The number of aliphatic hydroxyl groups is 1. The molecule has 9 heteroatoms. The van der Waals surface area contributed by atoms with Gasteiger partial charge in [0.05, 0.1) is 6.61 Å². The van der Waals surface area contributed by atoms with Crippen molar-refractivity contribution in [3.05, 3.63) is 101 Å². The molecular formula is C33H30N4O5. The Morgan fingerprint density at radius 2 is 1.95 bits per heavy atom. The molecule has 0 fully saturated rings. The number of nitrogens with zero attached hydrogens (tertiary/aromatic N) is 3.